The second-order valence-electron chi connectivity index (χ2n) is 8.18. The first-order chi connectivity index (χ1) is 12.2. The minimum Gasteiger partial charge on any atom is -0.339 e. The van der Waals surface area contributed by atoms with Gasteiger partial charge < -0.3 is 14.7 Å². The van der Waals surface area contributed by atoms with E-state index in [0.29, 0.717) is 0 Å². The van der Waals surface area contributed by atoms with Crippen molar-refractivity contribution in [1.29, 1.82) is 0 Å². The van der Waals surface area contributed by atoms with E-state index in [-0.39, 0.29) is 5.91 Å². The predicted octanol–water partition coefficient (Wildman–Crippen LogP) is 2.27. The predicted molar refractivity (Wildman–Crippen MR) is 101 cm³/mol. The van der Waals surface area contributed by atoms with E-state index in [1.165, 1.54) is 56.7 Å². The molecule has 0 unspecified atom stereocenters. The molecule has 0 aromatic heterocycles. The van der Waals surface area contributed by atoms with E-state index < -0.39 is 0 Å². The Morgan fingerprint density at radius 2 is 1.72 bits per heavy atom. The first-order valence-corrected chi connectivity index (χ1v) is 10.0. The number of aryl methyl sites for hydroxylation is 2. The molecule has 0 spiro atoms. The lowest BCUT2D eigenvalue weighted by molar-refractivity contribution is 0.0643. The van der Waals surface area contributed by atoms with E-state index in [0.717, 1.165) is 43.8 Å². The van der Waals surface area contributed by atoms with Crippen molar-refractivity contribution in [3.63, 3.8) is 0 Å². The molecule has 25 heavy (non-hydrogen) atoms. The summed E-state index contributed by atoms with van der Waals surface area (Å²) in [7, 11) is 2.21. The third-order valence-electron chi connectivity index (χ3n) is 6.36. The Labute approximate surface area is 151 Å². The molecule has 2 aliphatic heterocycles. The molecular formula is C21H31N3O. The summed E-state index contributed by atoms with van der Waals surface area (Å²) in [5, 5.41) is 0. The first kappa shape index (κ1) is 17.0. The van der Waals surface area contributed by atoms with Gasteiger partial charge in [-0.3, -0.25) is 4.79 Å². The quantitative estimate of drug-likeness (QED) is 0.844. The number of amides is 1. The molecule has 4 heteroatoms. The van der Waals surface area contributed by atoms with E-state index in [4.69, 9.17) is 0 Å². The topological polar surface area (TPSA) is 26.8 Å². The number of likely N-dealkylation sites (N-methyl/N-ethyl adjacent to an activating group) is 1. The van der Waals surface area contributed by atoms with Crippen LogP contribution < -0.4 is 0 Å². The van der Waals surface area contributed by atoms with Crippen LogP contribution in [0.2, 0.25) is 0 Å². The van der Waals surface area contributed by atoms with E-state index in [2.05, 4.69) is 33.9 Å². The highest BCUT2D eigenvalue weighted by Gasteiger charge is 2.26. The number of piperazine rings is 1. The molecule has 3 aliphatic rings. The maximum absolute atomic E-state index is 12.8. The van der Waals surface area contributed by atoms with Crippen LogP contribution in [-0.2, 0) is 12.8 Å². The minimum absolute atomic E-state index is 0.243. The molecule has 0 N–H and O–H groups in total. The van der Waals surface area contributed by atoms with Crippen LogP contribution in [0, 0.1) is 5.92 Å². The van der Waals surface area contributed by atoms with Crippen molar-refractivity contribution < 1.29 is 4.79 Å². The van der Waals surface area contributed by atoms with Gasteiger partial charge in [-0.05, 0) is 68.3 Å². The fraction of sp³-hybridized carbons (Fsp3) is 0.667. The zero-order chi connectivity index (χ0) is 17.2. The molecule has 1 aromatic rings. The number of carbonyl (C=O) groups is 1. The maximum Gasteiger partial charge on any atom is 0.253 e. The zero-order valence-electron chi connectivity index (χ0n) is 15.5. The molecule has 0 radical (unpaired) electrons. The largest absolute Gasteiger partial charge is 0.339 e. The number of fused-ring (bicyclic) bond motifs is 1. The summed E-state index contributed by atoms with van der Waals surface area (Å²) in [6, 6.07) is 6.37. The van der Waals surface area contributed by atoms with Crippen molar-refractivity contribution >= 4 is 5.91 Å². The molecule has 2 saturated heterocycles. The average molecular weight is 341 g/mol. The Kier molecular flexibility index (Phi) is 5.09. The Hall–Kier alpha value is -1.39. The number of nitrogens with zero attached hydrogens (tertiary/aromatic N) is 3. The molecular weight excluding hydrogens is 310 g/mol. The van der Waals surface area contributed by atoms with Crippen LogP contribution in [0.1, 0.15) is 40.7 Å². The molecule has 1 aromatic carbocycles. The van der Waals surface area contributed by atoms with E-state index in [1.54, 1.807) is 0 Å². The molecule has 1 aliphatic carbocycles. The van der Waals surface area contributed by atoms with Crippen molar-refractivity contribution in [3.05, 3.63) is 34.9 Å². The SMILES string of the molecule is CN1CCN(CC2CCN(C(=O)c3ccc4c(c3)CCC4)CC2)CC1. The lowest BCUT2D eigenvalue weighted by Gasteiger charge is -2.38. The highest BCUT2D eigenvalue weighted by molar-refractivity contribution is 5.94. The maximum atomic E-state index is 12.8. The number of hydrogen-bond donors (Lipinski definition) is 0. The highest BCUT2D eigenvalue weighted by Crippen LogP contribution is 2.25. The number of hydrogen-bond acceptors (Lipinski definition) is 3. The lowest BCUT2D eigenvalue weighted by Crippen LogP contribution is -2.48. The van der Waals surface area contributed by atoms with Gasteiger partial charge in [0.2, 0.25) is 0 Å². The van der Waals surface area contributed by atoms with Crippen molar-refractivity contribution in [3.8, 4) is 0 Å². The summed E-state index contributed by atoms with van der Waals surface area (Å²) in [5.74, 6) is 1.00. The third kappa shape index (κ3) is 3.90. The number of likely N-dealkylation sites (tertiary alicyclic amines) is 1. The first-order valence-electron chi connectivity index (χ1n) is 10.0. The van der Waals surface area contributed by atoms with Crippen molar-refractivity contribution in [2.45, 2.75) is 32.1 Å². The molecule has 2 fully saturated rings. The summed E-state index contributed by atoms with van der Waals surface area (Å²) < 4.78 is 0. The van der Waals surface area contributed by atoms with Crippen LogP contribution in [0.5, 0.6) is 0 Å². The van der Waals surface area contributed by atoms with E-state index >= 15 is 0 Å². The summed E-state index contributed by atoms with van der Waals surface area (Å²) in [5.41, 5.74) is 3.75. The van der Waals surface area contributed by atoms with Gasteiger partial charge in [-0.1, -0.05) is 6.07 Å². The molecule has 0 atom stereocenters. The number of benzene rings is 1. The number of rotatable bonds is 3. The van der Waals surface area contributed by atoms with Crippen LogP contribution in [0.3, 0.4) is 0 Å². The van der Waals surface area contributed by atoms with Gasteiger partial charge in [-0.25, -0.2) is 0 Å². The van der Waals surface area contributed by atoms with Gasteiger partial charge in [0.05, 0.1) is 0 Å². The smallest absolute Gasteiger partial charge is 0.253 e. The molecule has 4 nitrogen and oxygen atoms in total. The number of carbonyl (C=O) groups excluding carboxylic acids is 1. The molecule has 0 saturated carbocycles. The normalized spacial score (nSPS) is 23.0. The minimum atomic E-state index is 0.243. The van der Waals surface area contributed by atoms with Gasteiger partial charge in [0, 0.05) is 51.4 Å². The summed E-state index contributed by atoms with van der Waals surface area (Å²) >= 11 is 0. The Balaban J connectivity index is 1.29. The molecule has 1 amide bonds. The van der Waals surface area contributed by atoms with E-state index in [1.807, 2.05) is 6.07 Å². The van der Waals surface area contributed by atoms with Crippen LogP contribution >= 0.6 is 0 Å². The number of piperidine rings is 1. The lowest BCUT2D eigenvalue weighted by atomic mass is 9.95. The Morgan fingerprint density at radius 3 is 2.48 bits per heavy atom. The van der Waals surface area contributed by atoms with Crippen molar-refractivity contribution in [1.82, 2.24) is 14.7 Å². The van der Waals surface area contributed by atoms with Gasteiger partial charge in [0.15, 0.2) is 0 Å². The van der Waals surface area contributed by atoms with E-state index in [9.17, 15) is 4.79 Å². The van der Waals surface area contributed by atoms with Crippen LogP contribution in [-0.4, -0.2) is 73.5 Å². The summed E-state index contributed by atoms with van der Waals surface area (Å²) in [6.45, 7) is 7.85. The molecule has 4 rings (SSSR count). The second kappa shape index (κ2) is 7.46. The van der Waals surface area contributed by atoms with Crippen molar-refractivity contribution in [2.24, 2.45) is 5.92 Å². The Bertz CT molecular complexity index is 614. The van der Waals surface area contributed by atoms with Crippen LogP contribution in [0.15, 0.2) is 18.2 Å². The molecule has 136 valence electrons. The Morgan fingerprint density at radius 1 is 1.00 bits per heavy atom. The molecule has 0 bridgehead atoms. The third-order valence-corrected chi connectivity index (χ3v) is 6.36. The monoisotopic (exact) mass is 341 g/mol. The van der Waals surface area contributed by atoms with Crippen LogP contribution in [0.25, 0.3) is 0 Å². The highest BCUT2D eigenvalue weighted by atomic mass is 16.2. The summed E-state index contributed by atoms with van der Waals surface area (Å²) in [6.07, 6.45) is 5.88. The fourth-order valence-corrected chi connectivity index (χ4v) is 4.60. The van der Waals surface area contributed by atoms with Gasteiger partial charge in [0.1, 0.15) is 0 Å². The standard InChI is InChI=1S/C21H31N3O/c1-22-11-13-23(14-12-22)16-17-7-9-24(10-8-17)21(25)20-6-5-18-3-2-4-19(18)15-20/h5-6,15,17H,2-4,7-14,16H2,1H3. The summed E-state index contributed by atoms with van der Waals surface area (Å²) in [4.78, 5) is 19.9. The fourth-order valence-electron chi connectivity index (χ4n) is 4.60. The zero-order valence-corrected chi connectivity index (χ0v) is 15.5. The average Bonchev–Trinajstić information content (AvgIpc) is 3.11. The van der Waals surface area contributed by atoms with Gasteiger partial charge in [0.25, 0.3) is 5.91 Å². The van der Waals surface area contributed by atoms with Gasteiger partial charge in [-0.2, -0.15) is 0 Å². The molecule has 2 heterocycles. The van der Waals surface area contributed by atoms with Gasteiger partial charge >= 0.3 is 0 Å². The second-order valence-corrected chi connectivity index (χ2v) is 8.18. The van der Waals surface area contributed by atoms with Gasteiger partial charge in [-0.15, -0.1) is 0 Å². The van der Waals surface area contributed by atoms with Crippen LogP contribution in [0.4, 0.5) is 0 Å². The van der Waals surface area contributed by atoms with Crippen molar-refractivity contribution in [2.75, 3.05) is 52.9 Å².